The molecule has 0 radical (unpaired) electrons. The monoisotopic (exact) mass is 376 g/mol. The summed E-state index contributed by atoms with van der Waals surface area (Å²) in [6.45, 7) is 3.63. The Morgan fingerprint density at radius 2 is 1.89 bits per heavy atom. The fourth-order valence-corrected chi connectivity index (χ4v) is 2.43. The van der Waals surface area contributed by atoms with Gasteiger partial charge in [0.15, 0.2) is 11.5 Å². The molecule has 0 fully saturated rings. The van der Waals surface area contributed by atoms with Crippen LogP contribution in [0.25, 0.3) is 5.82 Å². The highest BCUT2D eigenvalue weighted by Crippen LogP contribution is 2.22. The van der Waals surface area contributed by atoms with E-state index in [1.54, 1.807) is 54.1 Å². The van der Waals surface area contributed by atoms with Gasteiger partial charge in [0, 0.05) is 24.0 Å². The number of hydrogen-bond donors (Lipinski definition) is 1. The van der Waals surface area contributed by atoms with Gasteiger partial charge in [-0.15, -0.1) is 10.2 Å². The number of rotatable bonds is 5. The van der Waals surface area contributed by atoms with Crippen LogP contribution >= 0.6 is 0 Å². The largest absolute Gasteiger partial charge is 0.438 e. The van der Waals surface area contributed by atoms with Crippen LogP contribution in [0.4, 0.5) is 5.69 Å². The Bertz CT molecular complexity index is 1100. The molecule has 0 atom stereocenters. The van der Waals surface area contributed by atoms with Crippen molar-refractivity contribution < 1.29 is 14.1 Å². The van der Waals surface area contributed by atoms with Gasteiger partial charge in [0.2, 0.25) is 5.88 Å². The van der Waals surface area contributed by atoms with Crippen LogP contribution in [-0.2, 0) is 0 Å². The number of nitrogens with zero attached hydrogens (tertiary/aromatic N) is 5. The van der Waals surface area contributed by atoms with Crippen molar-refractivity contribution >= 4 is 11.6 Å². The zero-order chi connectivity index (χ0) is 19.5. The maximum atomic E-state index is 12.1. The molecule has 3 heterocycles. The molecular weight excluding hydrogens is 360 g/mol. The second-order valence-electron chi connectivity index (χ2n) is 6.03. The van der Waals surface area contributed by atoms with Crippen LogP contribution in [0.15, 0.2) is 59.3 Å². The molecule has 1 aromatic carbocycles. The van der Waals surface area contributed by atoms with E-state index in [0.717, 1.165) is 5.69 Å². The number of aromatic nitrogens is 5. The van der Waals surface area contributed by atoms with Gasteiger partial charge in [-0.2, -0.15) is 5.10 Å². The summed E-state index contributed by atoms with van der Waals surface area (Å²) in [6, 6.07) is 13.8. The molecule has 0 unspecified atom stereocenters. The minimum atomic E-state index is -0.346. The van der Waals surface area contributed by atoms with Crippen molar-refractivity contribution in [2.24, 2.45) is 0 Å². The van der Waals surface area contributed by atoms with E-state index in [1.165, 1.54) is 0 Å². The molecule has 1 amide bonds. The molecule has 0 saturated heterocycles. The average molecular weight is 376 g/mol. The van der Waals surface area contributed by atoms with Crippen LogP contribution in [-0.4, -0.2) is 31.0 Å². The molecule has 9 nitrogen and oxygen atoms in total. The Morgan fingerprint density at radius 1 is 1.07 bits per heavy atom. The summed E-state index contributed by atoms with van der Waals surface area (Å²) < 4.78 is 12.2. The molecule has 0 spiro atoms. The van der Waals surface area contributed by atoms with Gasteiger partial charge in [-0.1, -0.05) is 5.16 Å². The highest BCUT2D eigenvalue weighted by Gasteiger charge is 2.11. The number of aryl methyl sites for hydroxylation is 2. The smallest absolute Gasteiger partial charge is 0.277 e. The Kier molecular flexibility index (Phi) is 4.55. The van der Waals surface area contributed by atoms with Crippen molar-refractivity contribution in [3.05, 3.63) is 71.9 Å². The standard InChI is InChI=1S/C19H16N6O3/c1-12-9-10-25(23-12)17-7-8-18(22-21-17)27-15-5-3-14(4-6-15)20-19(26)16-11-13(2)28-24-16/h3-11H,1-2H3,(H,20,26). The summed E-state index contributed by atoms with van der Waals surface area (Å²) in [4.78, 5) is 12.1. The Morgan fingerprint density at radius 3 is 2.50 bits per heavy atom. The van der Waals surface area contributed by atoms with Crippen LogP contribution in [0.2, 0.25) is 0 Å². The van der Waals surface area contributed by atoms with Crippen molar-refractivity contribution in [1.82, 2.24) is 25.1 Å². The first kappa shape index (κ1) is 17.4. The molecule has 9 heteroatoms. The first-order valence-electron chi connectivity index (χ1n) is 8.46. The first-order valence-corrected chi connectivity index (χ1v) is 8.46. The summed E-state index contributed by atoms with van der Waals surface area (Å²) in [5.74, 6) is 1.74. The number of amides is 1. The molecular formula is C19H16N6O3. The molecule has 1 N–H and O–H groups in total. The first-order chi connectivity index (χ1) is 13.6. The zero-order valence-corrected chi connectivity index (χ0v) is 15.2. The van der Waals surface area contributed by atoms with E-state index in [-0.39, 0.29) is 11.6 Å². The maximum Gasteiger partial charge on any atom is 0.277 e. The van der Waals surface area contributed by atoms with Gasteiger partial charge in [-0.05, 0) is 50.2 Å². The van der Waals surface area contributed by atoms with Gasteiger partial charge in [0.1, 0.15) is 11.5 Å². The summed E-state index contributed by atoms with van der Waals surface area (Å²) in [7, 11) is 0. The molecule has 3 aromatic heterocycles. The molecule has 0 bridgehead atoms. The van der Waals surface area contributed by atoms with E-state index in [9.17, 15) is 4.79 Å². The fourth-order valence-electron chi connectivity index (χ4n) is 2.43. The van der Waals surface area contributed by atoms with Gasteiger partial charge >= 0.3 is 0 Å². The third kappa shape index (κ3) is 3.88. The topological polar surface area (TPSA) is 108 Å². The van der Waals surface area contributed by atoms with Crippen molar-refractivity contribution in [2.45, 2.75) is 13.8 Å². The predicted octanol–water partition coefficient (Wildman–Crippen LogP) is 3.31. The van der Waals surface area contributed by atoms with Crippen molar-refractivity contribution in [3.8, 4) is 17.4 Å². The molecule has 4 rings (SSSR count). The minimum absolute atomic E-state index is 0.223. The van der Waals surface area contributed by atoms with Crippen LogP contribution in [0.3, 0.4) is 0 Å². The Balaban J connectivity index is 1.39. The van der Waals surface area contributed by atoms with Crippen molar-refractivity contribution in [3.63, 3.8) is 0 Å². The molecule has 140 valence electrons. The Labute approximate surface area is 160 Å². The van der Waals surface area contributed by atoms with E-state index in [0.29, 0.717) is 28.9 Å². The van der Waals surface area contributed by atoms with Gasteiger partial charge in [-0.25, -0.2) is 4.68 Å². The number of benzene rings is 1. The van der Waals surface area contributed by atoms with Crippen LogP contribution < -0.4 is 10.1 Å². The lowest BCUT2D eigenvalue weighted by molar-refractivity contribution is 0.101. The number of nitrogens with one attached hydrogen (secondary N) is 1. The van der Waals surface area contributed by atoms with E-state index < -0.39 is 0 Å². The number of carbonyl (C=O) groups excluding carboxylic acids is 1. The number of anilines is 1. The second kappa shape index (κ2) is 7.31. The fraction of sp³-hybridized carbons (Fsp3) is 0.105. The van der Waals surface area contributed by atoms with Gasteiger partial charge in [0.05, 0.1) is 5.69 Å². The predicted molar refractivity (Wildman–Crippen MR) is 99.6 cm³/mol. The zero-order valence-electron chi connectivity index (χ0n) is 15.2. The SMILES string of the molecule is Cc1ccn(-c2ccc(Oc3ccc(NC(=O)c4cc(C)on4)cc3)nn2)n1. The summed E-state index contributed by atoms with van der Waals surface area (Å²) in [5.41, 5.74) is 1.72. The number of ether oxygens (including phenoxy) is 1. The van der Waals surface area contributed by atoms with E-state index in [2.05, 4.69) is 25.8 Å². The molecule has 28 heavy (non-hydrogen) atoms. The van der Waals surface area contributed by atoms with E-state index >= 15 is 0 Å². The van der Waals surface area contributed by atoms with Gasteiger partial charge < -0.3 is 14.6 Å². The van der Waals surface area contributed by atoms with Crippen LogP contribution in [0.1, 0.15) is 21.9 Å². The highest BCUT2D eigenvalue weighted by molar-refractivity contribution is 6.02. The molecule has 0 aliphatic carbocycles. The lowest BCUT2D eigenvalue weighted by Crippen LogP contribution is -2.11. The van der Waals surface area contributed by atoms with E-state index in [1.807, 2.05) is 19.2 Å². The minimum Gasteiger partial charge on any atom is -0.438 e. The van der Waals surface area contributed by atoms with Crippen LogP contribution in [0.5, 0.6) is 11.6 Å². The third-order valence-corrected chi connectivity index (χ3v) is 3.78. The molecule has 0 aliphatic heterocycles. The Hall–Kier alpha value is -4.01. The number of carbonyl (C=O) groups is 1. The lowest BCUT2D eigenvalue weighted by atomic mass is 10.3. The van der Waals surface area contributed by atoms with Gasteiger partial charge in [-0.3, -0.25) is 4.79 Å². The maximum absolute atomic E-state index is 12.1. The lowest BCUT2D eigenvalue weighted by Gasteiger charge is -2.07. The van der Waals surface area contributed by atoms with E-state index in [4.69, 9.17) is 9.26 Å². The van der Waals surface area contributed by atoms with Crippen LogP contribution in [0, 0.1) is 13.8 Å². The molecule has 4 aromatic rings. The molecule has 0 aliphatic rings. The summed E-state index contributed by atoms with van der Waals surface area (Å²) in [6.07, 6.45) is 1.81. The quantitative estimate of drug-likeness (QED) is 0.569. The number of hydrogen-bond acceptors (Lipinski definition) is 7. The van der Waals surface area contributed by atoms with Crippen molar-refractivity contribution in [2.75, 3.05) is 5.32 Å². The van der Waals surface area contributed by atoms with Gasteiger partial charge in [0.25, 0.3) is 5.91 Å². The second-order valence-corrected chi connectivity index (χ2v) is 6.03. The van der Waals surface area contributed by atoms with Crippen molar-refractivity contribution in [1.29, 1.82) is 0 Å². The summed E-state index contributed by atoms with van der Waals surface area (Å²) in [5, 5.41) is 18.9. The molecule has 0 saturated carbocycles. The third-order valence-electron chi connectivity index (χ3n) is 3.78. The average Bonchev–Trinajstić information content (AvgIpc) is 3.32. The summed E-state index contributed by atoms with van der Waals surface area (Å²) >= 11 is 0. The highest BCUT2D eigenvalue weighted by atomic mass is 16.5. The normalized spacial score (nSPS) is 10.6.